The minimum absolute atomic E-state index is 0.183. The maximum atomic E-state index is 12.5. The highest BCUT2D eigenvalue weighted by Crippen LogP contribution is 2.31. The first-order valence-electron chi connectivity index (χ1n) is 11.4. The van der Waals surface area contributed by atoms with E-state index in [1.807, 2.05) is 12.3 Å². The number of benzene rings is 1. The number of anilines is 1. The summed E-state index contributed by atoms with van der Waals surface area (Å²) in [6.07, 6.45) is 12.1. The zero-order chi connectivity index (χ0) is 19.6. The topological polar surface area (TPSA) is 50.2 Å². The number of aromatic nitrogens is 2. The number of nitrogens with one attached hydrogen (secondary N) is 1. The van der Waals surface area contributed by atoms with Crippen molar-refractivity contribution in [1.29, 1.82) is 0 Å². The first-order chi connectivity index (χ1) is 14.3. The number of carbonyl (C=O) groups is 1. The van der Waals surface area contributed by atoms with Gasteiger partial charge in [-0.15, -0.1) is 0 Å². The van der Waals surface area contributed by atoms with Gasteiger partial charge in [-0.3, -0.25) is 9.69 Å². The number of amides is 1. The van der Waals surface area contributed by atoms with Crippen LogP contribution in [0.15, 0.2) is 36.5 Å². The van der Waals surface area contributed by atoms with Gasteiger partial charge in [-0.25, -0.2) is 4.68 Å². The van der Waals surface area contributed by atoms with Crippen LogP contribution in [0.4, 0.5) is 5.82 Å². The predicted molar refractivity (Wildman–Crippen MR) is 115 cm³/mol. The van der Waals surface area contributed by atoms with Crippen LogP contribution in [-0.4, -0.2) is 39.7 Å². The van der Waals surface area contributed by atoms with Crippen LogP contribution in [-0.2, 0) is 17.6 Å². The monoisotopic (exact) mass is 392 g/mol. The van der Waals surface area contributed by atoms with Gasteiger partial charge in [0.2, 0.25) is 5.91 Å². The molecule has 1 amide bonds. The molecule has 154 valence electrons. The fourth-order valence-corrected chi connectivity index (χ4v) is 5.61. The third-order valence-electron chi connectivity index (χ3n) is 7.33. The Labute approximate surface area is 173 Å². The number of rotatable bonds is 4. The fourth-order valence-electron chi connectivity index (χ4n) is 5.61. The SMILES string of the molecule is O=C(Nc1ccnn1C1CCN(C2CCc3ccccc3C2)CC1)C1CCCC1. The van der Waals surface area contributed by atoms with Gasteiger partial charge in [0.1, 0.15) is 5.82 Å². The standard InChI is InChI=1S/C24H32N4O/c29-24(19-6-2-3-7-19)26-23-11-14-25-28(23)21-12-15-27(16-13-21)22-10-9-18-5-1-4-8-20(18)17-22/h1,4-5,8,11,14,19,21-22H,2-3,6-7,9-10,12-13,15-17H2,(H,26,29). The van der Waals surface area contributed by atoms with E-state index >= 15 is 0 Å². The van der Waals surface area contributed by atoms with Gasteiger partial charge >= 0.3 is 0 Å². The molecule has 1 aromatic carbocycles. The van der Waals surface area contributed by atoms with Crippen molar-refractivity contribution in [3.8, 4) is 0 Å². The van der Waals surface area contributed by atoms with Gasteiger partial charge in [-0.2, -0.15) is 5.10 Å². The molecular weight excluding hydrogens is 360 g/mol. The summed E-state index contributed by atoms with van der Waals surface area (Å²) in [6.45, 7) is 2.24. The normalized spacial score (nSPS) is 23.8. The molecule has 1 N–H and O–H groups in total. The first-order valence-corrected chi connectivity index (χ1v) is 11.4. The number of carbonyl (C=O) groups excluding carboxylic acids is 1. The van der Waals surface area contributed by atoms with Crippen molar-refractivity contribution < 1.29 is 4.79 Å². The third kappa shape index (κ3) is 3.97. The average molecular weight is 393 g/mol. The van der Waals surface area contributed by atoms with Crippen molar-refractivity contribution in [3.05, 3.63) is 47.7 Å². The Kier molecular flexibility index (Phi) is 5.40. The molecule has 1 saturated carbocycles. The minimum Gasteiger partial charge on any atom is -0.311 e. The molecule has 0 spiro atoms. The molecule has 2 fully saturated rings. The second-order valence-electron chi connectivity index (χ2n) is 9.06. The molecule has 0 radical (unpaired) electrons. The molecule has 5 rings (SSSR count). The Balaban J connectivity index is 1.19. The van der Waals surface area contributed by atoms with Gasteiger partial charge < -0.3 is 5.32 Å². The Morgan fingerprint density at radius 3 is 2.48 bits per heavy atom. The molecule has 1 saturated heterocycles. The van der Waals surface area contributed by atoms with Crippen molar-refractivity contribution >= 4 is 11.7 Å². The highest BCUT2D eigenvalue weighted by Gasteiger charge is 2.30. The van der Waals surface area contributed by atoms with Crippen LogP contribution in [0.1, 0.15) is 62.1 Å². The molecule has 1 aromatic heterocycles. The Morgan fingerprint density at radius 1 is 0.931 bits per heavy atom. The van der Waals surface area contributed by atoms with E-state index < -0.39 is 0 Å². The molecule has 5 nitrogen and oxygen atoms in total. The summed E-state index contributed by atoms with van der Waals surface area (Å²) in [4.78, 5) is 15.2. The van der Waals surface area contributed by atoms with Crippen LogP contribution in [0.2, 0.25) is 0 Å². The van der Waals surface area contributed by atoms with E-state index in [0.717, 1.165) is 44.6 Å². The van der Waals surface area contributed by atoms with E-state index in [4.69, 9.17) is 0 Å². The number of likely N-dealkylation sites (tertiary alicyclic amines) is 1. The lowest BCUT2D eigenvalue weighted by atomic mass is 9.86. The van der Waals surface area contributed by atoms with Gasteiger partial charge in [0.25, 0.3) is 0 Å². The lowest BCUT2D eigenvalue weighted by Crippen LogP contribution is -2.44. The van der Waals surface area contributed by atoms with Crippen molar-refractivity contribution in [2.24, 2.45) is 5.92 Å². The summed E-state index contributed by atoms with van der Waals surface area (Å²) in [7, 11) is 0. The Morgan fingerprint density at radius 2 is 1.69 bits per heavy atom. The summed E-state index contributed by atoms with van der Waals surface area (Å²) in [5.74, 6) is 1.25. The summed E-state index contributed by atoms with van der Waals surface area (Å²) in [5, 5.41) is 7.73. The van der Waals surface area contributed by atoms with Crippen LogP contribution in [0, 0.1) is 5.92 Å². The lowest BCUT2D eigenvalue weighted by molar-refractivity contribution is -0.119. The molecule has 29 heavy (non-hydrogen) atoms. The zero-order valence-corrected chi connectivity index (χ0v) is 17.2. The highest BCUT2D eigenvalue weighted by molar-refractivity contribution is 5.91. The van der Waals surface area contributed by atoms with E-state index in [9.17, 15) is 4.79 Å². The van der Waals surface area contributed by atoms with Gasteiger partial charge in [0, 0.05) is 31.1 Å². The largest absolute Gasteiger partial charge is 0.311 e. The van der Waals surface area contributed by atoms with Crippen LogP contribution in [0.5, 0.6) is 0 Å². The molecule has 2 heterocycles. The maximum Gasteiger partial charge on any atom is 0.228 e. The second kappa shape index (κ2) is 8.31. The summed E-state index contributed by atoms with van der Waals surface area (Å²) < 4.78 is 2.07. The molecule has 5 heteroatoms. The Hall–Kier alpha value is -2.14. The number of hydrogen-bond donors (Lipinski definition) is 1. The second-order valence-corrected chi connectivity index (χ2v) is 9.06. The van der Waals surface area contributed by atoms with Gasteiger partial charge in [-0.05, 0) is 56.1 Å². The molecular formula is C24H32N4O. The van der Waals surface area contributed by atoms with E-state index in [-0.39, 0.29) is 11.8 Å². The molecule has 2 aliphatic carbocycles. The zero-order valence-electron chi connectivity index (χ0n) is 17.2. The molecule has 1 atom stereocenters. The lowest BCUT2D eigenvalue weighted by Gasteiger charge is -2.40. The van der Waals surface area contributed by atoms with Gasteiger partial charge in [0.05, 0.1) is 12.2 Å². The number of fused-ring (bicyclic) bond motifs is 1. The number of aryl methyl sites for hydroxylation is 1. The van der Waals surface area contributed by atoms with E-state index in [1.54, 1.807) is 0 Å². The molecule has 3 aliphatic rings. The highest BCUT2D eigenvalue weighted by atomic mass is 16.2. The van der Waals surface area contributed by atoms with Crippen LogP contribution >= 0.6 is 0 Å². The van der Waals surface area contributed by atoms with Crippen LogP contribution < -0.4 is 5.32 Å². The average Bonchev–Trinajstić information content (AvgIpc) is 3.46. The number of nitrogens with zero attached hydrogens (tertiary/aromatic N) is 3. The third-order valence-corrected chi connectivity index (χ3v) is 7.33. The first kappa shape index (κ1) is 18.9. The van der Waals surface area contributed by atoms with Gasteiger partial charge in [0.15, 0.2) is 0 Å². The predicted octanol–water partition coefficient (Wildman–Crippen LogP) is 4.21. The quantitative estimate of drug-likeness (QED) is 0.848. The van der Waals surface area contributed by atoms with Crippen molar-refractivity contribution in [3.63, 3.8) is 0 Å². The Bertz CT molecular complexity index is 846. The van der Waals surface area contributed by atoms with Crippen LogP contribution in [0.3, 0.4) is 0 Å². The molecule has 1 aliphatic heterocycles. The van der Waals surface area contributed by atoms with E-state index in [0.29, 0.717) is 12.1 Å². The fraction of sp³-hybridized carbons (Fsp3) is 0.583. The van der Waals surface area contributed by atoms with Gasteiger partial charge in [-0.1, -0.05) is 37.1 Å². The number of hydrogen-bond acceptors (Lipinski definition) is 3. The summed E-state index contributed by atoms with van der Waals surface area (Å²) in [6, 6.07) is 11.9. The summed E-state index contributed by atoms with van der Waals surface area (Å²) >= 11 is 0. The molecule has 1 unspecified atom stereocenters. The maximum absolute atomic E-state index is 12.5. The minimum atomic E-state index is 0.183. The smallest absolute Gasteiger partial charge is 0.228 e. The van der Waals surface area contributed by atoms with Crippen molar-refractivity contribution in [2.45, 2.75) is 69.9 Å². The van der Waals surface area contributed by atoms with Crippen molar-refractivity contribution in [1.82, 2.24) is 14.7 Å². The summed E-state index contributed by atoms with van der Waals surface area (Å²) in [5.41, 5.74) is 3.08. The van der Waals surface area contributed by atoms with Crippen molar-refractivity contribution in [2.75, 3.05) is 18.4 Å². The van der Waals surface area contributed by atoms with E-state index in [1.165, 1.54) is 43.2 Å². The number of piperidine rings is 1. The van der Waals surface area contributed by atoms with E-state index in [2.05, 4.69) is 44.3 Å². The van der Waals surface area contributed by atoms with Crippen LogP contribution in [0.25, 0.3) is 0 Å². The molecule has 0 bridgehead atoms. The molecule has 2 aromatic rings.